The summed E-state index contributed by atoms with van der Waals surface area (Å²) >= 11 is 8.31. The molecule has 1 aliphatic rings. The van der Waals surface area contributed by atoms with Crippen LogP contribution in [-0.4, -0.2) is 24.3 Å². The fourth-order valence-corrected chi connectivity index (χ4v) is 6.46. The van der Waals surface area contributed by atoms with E-state index in [1.807, 2.05) is 49.4 Å². The Balaban J connectivity index is 1.94. The van der Waals surface area contributed by atoms with Gasteiger partial charge in [0.1, 0.15) is 5.75 Å². The van der Waals surface area contributed by atoms with Crippen LogP contribution >= 0.6 is 43.2 Å². The molecule has 34 heavy (non-hydrogen) atoms. The molecule has 1 aliphatic heterocycles. The van der Waals surface area contributed by atoms with E-state index >= 15 is 0 Å². The molecule has 0 aliphatic carbocycles. The van der Waals surface area contributed by atoms with Crippen LogP contribution < -0.4 is 19.6 Å². The SMILES string of the molecule is CCOC(=O)C1=C(C)N=c2s/c(=C\c3cc(Br)c(OC)c(Br)c3)c(=O)n2[C@@H]1c1ccc(C)cc1. The molecular weight excluding hydrogens is 584 g/mol. The molecule has 0 spiro atoms. The molecule has 2 aromatic carbocycles. The smallest absolute Gasteiger partial charge is 0.338 e. The number of ether oxygens (including phenoxy) is 2. The van der Waals surface area contributed by atoms with Crippen molar-refractivity contribution < 1.29 is 14.3 Å². The van der Waals surface area contributed by atoms with E-state index in [1.54, 1.807) is 25.5 Å². The quantitative estimate of drug-likeness (QED) is 0.397. The molecule has 4 rings (SSSR count). The number of hydrogen-bond acceptors (Lipinski definition) is 6. The van der Waals surface area contributed by atoms with Gasteiger partial charge in [-0.2, -0.15) is 0 Å². The Bertz CT molecular complexity index is 1460. The topological polar surface area (TPSA) is 69.9 Å². The van der Waals surface area contributed by atoms with Gasteiger partial charge in [-0.15, -0.1) is 0 Å². The Labute approximate surface area is 217 Å². The predicted octanol–water partition coefficient (Wildman–Crippen LogP) is 4.64. The van der Waals surface area contributed by atoms with Crippen LogP contribution in [-0.2, 0) is 9.53 Å². The molecule has 2 heterocycles. The first kappa shape index (κ1) is 24.6. The lowest BCUT2D eigenvalue weighted by Gasteiger charge is -2.24. The van der Waals surface area contributed by atoms with Crippen molar-refractivity contribution in [3.8, 4) is 5.75 Å². The number of carbonyl (C=O) groups excluding carboxylic acids is 1. The van der Waals surface area contributed by atoms with E-state index < -0.39 is 12.0 Å². The number of carbonyl (C=O) groups is 1. The summed E-state index contributed by atoms with van der Waals surface area (Å²) in [5.74, 6) is 0.208. The number of aromatic nitrogens is 1. The maximum absolute atomic E-state index is 13.7. The summed E-state index contributed by atoms with van der Waals surface area (Å²) in [6, 6.07) is 11.0. The Morgan fingerprint density at radius 2 is 1.82 bits per heavy atom. The molecule has 6 nitrogen and oxygen atoms in total. The lowest BCUT2D eigenvalue weighted by Crippen LogP contribution is -2.39. The minimum Gasteiger partial charge on any atom is -0.494 e. The highest BCUT2D eigenvalue weighted by molar-refractivity contribution is 9.11. The number of fused-ring (bicyclic) bond motifs is 1. The van der Waals surface area contributed by atoms with E-state index in [1.165, 1.54) is 11.3 Å². The van der Waals surface area contributed by atoms with Crippen LogP contribution in [0.4, 0.5) is 0 Å². The van der Waals surface area contributed by atoms with Crippen molar-refractivity contribution in [2.45, 2.75) is 26.8 Å². The van der Waals surface area contributed by atoms with E-state index in [4.69, 9.17) is 9.47 Å². The molecule has 0 amide bonds. The van der Waals surface area contributed by atoms with Gasteiger partial charge in [0, 0.05) is 0 Å². The van der Waals surface area contributed by atoms with Crippen LogP contribution in [0.2, 0.25) is 0 Å². The number of rotatable bonds is 5. The van der Waals surface area contributed by atoms with E-state index in [0.29, 0.717) is 26.4 Å². The number of nitrogens with zero attached hydrogens (tertiary/aromatic N) is 2. The molecule has 3 aromatic rings. The fourth-order valence-electron chi connectivity index (χ4n) is 3.86. The molecule has 0 saturated heterocycles. The first-order valence-corrected chi connectivity index (χ1v) is 12.9. The van der Waals surface area contributed by atoms with Gasteiger partial charge in [0.25, 0.3) is 5.56 Å². The molecule has 176 valence electrons. The second kappa shape index (κ2) is 10.0. The summed E-state index contributed by atoms with van der Waals surface area (Å²) in [6.07, 6.45) is 1.81. The van der Waals surface area contributed by atoms with E-state index in [0.717, 1.165) is 25.6 Å². The largest absolute Gasteiger partial charge is 0.494 e. The van der Waals surface area contributed by atoms with Crippen LogP contribution in [0.5, 0.6) is 5.75 Å². The normalized spacial score (nSPS) is 15.7. The van der Waals surface area contributed by atoms with Crippen molar-refractivity contribution in [3.05, 3.63) is 93.0 Å². The van der Waals surface area contributed by atoms with Crippen LogP contribution in [0.15, 0.2) is 66.4 Å². The van der Waals surface area contributed by atoms with E-state index in [2.05, 4.69) is 36.9 Å². The first-order chi connectivity index (χ1) is 16.2. The predicted molar refractivity (Wildman–Crippen MR) is 140 cm³/mol. The van der Waals surface area contributed by atoms with Crippen LogP contribution in [0, 0.1) is 6.92 Å². The van der Waals surface area contributed by atoms with Crippen LogP contribution in [0.25, 0.3) is 6.08 Å². The van der Waals surface area contributed by atoms with Crippen molar-refractivity contribution in [2.24, 2.45) is 4.99 Å². The summed E-state index contributed by atoms with van der Waals surface area (Å²) in [5.41, 5.74) is 3.44. The second-order valence-corrected chi connectivity index (χ2v) is 10.4. The third-order valence-corrected chi connectivity index (χ3v) is 7.59. The summed E-state index contributed by atoms with van der Waals surface area (Å²) in [5, 5.41) is 0. The van der Waals surface area contributed by atoms with Crippen LogP contribution in [0.1, 0.15) is 36.6 Å². The Morgan fingerprint density at radius 3 is 2.41 bits per heavy atom. The van der Waals surface area contributed by atoms with Gasteiger partial charge in [-0.1, -0.05) is 41.2 Å². The molecule has 0 fully saturated rings. The summed E-state index contributed by atoms with van der Waals surface area (Å²) in [6.45, 7) is 5.77. The van der Waals surface area contributed by atoms with Gasteiger partial charge in [0.15, 0.2) is 4.80 Å². The summed E-state index contributed by atoms with van der Waals surface area (Å²) in [4.78, 5) is 31.7. The number of benzene rings is 2. The number of hydrogen-bond donors (Lipinski definition) is 0. The minimum atomic E-state index is -0.618. The Hall–Kier alpha value is -2.49. The third-order valence-electron chi connectivity index (χ3n) is 5.43. The zero-order valence-electron chi connectivity index (χ0n) is 19.0. The van der Waals surface area contributed by atoms with Gasteiger partial charge >= 0.3 is 5.97 Å². The van der Waals surface area contributed by atoms with E-state index in [9.17, 15) is 9.59 Å². The highest BCUT2D eigenvalue weighted by atomic mass is 79.9. The summed E-state index contributed by atoms with van der Waals surface area (Å²) < 4.78 is 14.3. The van der Waals surface area contributed by atoms with Crippen molar-refractivity contribution >= 4 is 55.2 Å². The zero-order chi connectivity index (χ0) is 24.6. The molecule has 0 unspecified atom stereocenters. The van der Waals surface area contributed by atoms with Crippen molar-refractivity contribution in [3.63, 3.8) is 0 Å². The van der Waals surface area contributed by atoms with Gasteiger partial charge in [-0.3, -0.25) is 9.36 Å². The molecular formula is C25H22Br2N2O4S. The molecule has 0 radical (unpaired) electrons. The molecule has 1 atom stereocenters. The highest BCUT2D eigenvalue weighted by Gasteiger charge is 2.33. The lowest BCUT2D eigenvalue weighted by atomic mass is 9.95. The van der Waals surface area contributed by atoms with Gasteiger partial charge in [0.2, 0.25) is 0 Å². The average Bonchev–Trinajstić information content (AvgIpc) is 3.08. The Kier molecular flexibility index (Phi) is 7.25. The van der Waals surface area contributed by atoms with Gasteiger partial charge in [0.05, 0.1) is 44.5 Å². The van der Waals surface area contributed by atoms with Gasteiger partial charge in [-0.25, -0.2) is 9.79 Å². The minimum absolute atomic E-state index is 0.216. The number of allylic oxidation sites excluding steroid dienone is 1. The highest BCUT2D eigenvalue weighted by Crippen LogP contribution is 2.35. The number of aryl methyl sites for hydroxylation is 1. The zero-order valence-corrected chi connectivity index (χ0v) is 23.0. The maximum Gasteiger partial charge on any atom is 0.338 e. The third kappa shape index (κ3) is 4.56. The first-order valence-electron chi connectivity index (χ1n) is 10.5. The Morgan fingerprint density at radius 1 is 1.18 bits per heavy atom. The number of methoxy groups -OCH3 is 1. The van der Waals surface area contributed by atoms with Crippen LogP contribution in [0.3, 0.4) is 0 Å². The average molecular weight is 606 g/mol. The van der Waals surface area contributed by atoms with Gasteiger partial charge in [-0.05, 0) is 82.0 Å². The van der Waals surface area contributed by atoms with E-state index in [-0.39, 0.29) is 12.2 Å². The monoisotopic (exact) mass is 604 g/mol. The summed E-state index contributed by atoms with van der Waals surface area (Å²) in [7, 11) is 1.59. The molecule has 1 aromatic heterocycles. The lowest BCUT2D eigenvalue weighted by molar-refractivity contribution is -0.139. The number of thiazole rings is 1. The van der Waals surface area contributed by atoms with Crippen molar-refractivity contribution in [2.75, 3.05) is 13.7 Å². The number of esters is 1. The maximum atomic E-state index is 13.7. The molecule has 0 bridgehead atoms. The second-order valence-electron chi connectivity index (χ2n) is 7.73. The number of halogens is 2. The molecule has 0 N–H and O–H groups in total. The van der Waals surface area contributed by atoms with Gasteiger partial charge < -0.3 is 9.47 Å². The van der Waals surface area contributed by atoms with Crippen molar-refractivity contribution in [1.29, 1.82) is 0 Å². The fraction of sp³-hybridized carbons (Fsp3) is 0.240. The standard InChI is InChI=1S/C25H22Br2N2O4S/c1-5-33-24(31)20-14(3)28-25-29(21(20)16-8-6-13(2)7-9-16)23(30)19(34-25)12-15-10-17(26)22(32-4)18(27)11-15/h6-12,21H,5H2,1-4H3/b19-12-/t21-/m1/s1. The molecule has 0 saturated carbocycles. The molecule has 9 heteroatoms. The van der Waals surface area contributed by atoms with Crippen molar-refractivity contribution in [1.82, 2.24) is 4.57 Å².